The van der Waals surface area contributed by atoms with Gasteiger partial charge in [0.2, 0.25) is 0 Å². The lowest BCUT2D eigenvalue weighted by Crippen LogP contribution is -2.56. The third-order valence-electron chi connectivity index (χ3n) is 6.78. The highest BCUT2D eigenvalue weighted by atomic mass is 16.6. The molecule has 164 valence electrons. The second-order valence-corrected chi connectivity index (χ2v) is 11.4. The maximum atomic E-state index is 12.5. The number of carbonyl (C=O) groups excluding carboxylic acids is 1. The lowest BCUT2D eigenvalue weighted by Gasteiger charge is -2.58. The summed E-state index contributed by atoms with van der Waals surface area (Å²) in [5, 5.41) is 3.95. The summed E-state index contributed by atoms with van der Waals surface area (Å²) >= 11 is 0. The molecule has 0 aromatic carbocycles. The molecule has 1 heterocycles. The first kappa shape index (κ1) is 22.2. The topological polar surface area (TPSA) is 41.6 Å². The Labute approximate surface area is 178 Å². The van der Waals surface area contributed by atoms with Crippen LogP contribution in [0.4, 0.5) is 4.79 Å². The second-order valence-electron chi connectivity index (χ2n) is 11.4. The normalized spacial score (nSPS) is 27.9. The summed E-state index contributed by atoms with van der Waals surface area (Å²) in [7, 11) is 0. The molecule has 1 saturated heterocycles. The molecule has 2 aliphatic carbocycles. The zero-order chi connectivity index (χ0) is 21.4. The fraction of sp³-hybridized carbons (Fsp3) is 0.800. The number of rotatable bonds is 5. The van der Waals surface area contributed by atoms with Crippen LogP contribution in [-0.4, -0.2) is 35.2 Å². The first-order valence-electron chi connectivity index (χ1n) is 11.6. The van der Waals surface area contributed by atoms with Crippen molar-refractivity contribution in [1.29, 1.82) is 0 Å². The Morgan fingerprint density at radius 1 is 1.17 bits per heavy atom. The molecule has 2 atom stereocenters. The molecule has 4 heteroatoms. The van der Waals surface area contributed by atoms with Crippen LogP contribution in [0.25, 0.3) is 0 Å². The number of ether oxygens (including phenoxy) is 1. The van der Waals surface area contributed by atoms with Gasteiger partial charge in [-0.3, -0.25) is 0 Å². The third kappa shape index (κ3) is 5.00. The predicted molar refractivity (Wildman–Crippen MR) is 120 cm³/mol. The van der Waals surface area contributed by atoms with Crippen molar-refractivity contribution in [2.75, 3.05) is 13.1 Å². The van der Waals surface area contributed by atoms with Crippen LogP contribution in [0.2, 0.25) is 0 Å². The van der Waals surface area contributed by atoms with E-state index in [9.17, 15) is 4.79 Å². The number of allylic oxidation sites excluding steroid dienone is 3. The molecule has 0 aromatic rings. The zero-order valence-corrected chi connectivity index (χ0v) is 19.6. The van der Waals surface area contributed by atoms with Crippen molar-refractivity contribution in [3.05, 3.63) is 23.9 Å². The fourth-order valence-electron chi connectivity index (χ4n) is 5.38. The first-order chi connectivity index (χ1) is 13.5. The summed E-state index contributed by atoms with van der Waals surface area (Å²) in [4.78, 5) is 14.4. The van der Waals surface area contributed by atoms with Crippen LogP contribution in [-0.2, 0) is 4.74 Å². The molecule has 4 nitrogen and oxygen atoms in total. The molecule has 1 amide bonds. The minimum atomic E-state index is -0.432. The highest BCUT2D eigenvalue weighted by Gasteiger charge is 2.56. The fourth-order valence-corrected chi connectivity index (χ4v) is 5.38. The molecular formula is C25H42N2O2. The Morgan fingerprint density at radius 2 is 1.79 bits per heavy atom. The Bertz CT molecular complexity index is 653. The maximum Gasteiger partial charge on any atom is 0.410 e. The average Bonchev–Trinajstić information content (AvgIpc) is 3.41. The molecule has 0 bridgehead atoms. The van der Waals surface area contributed by atoms with Gasteiger partial charge in [0.1, 0.15) is 5.60 Å². The van der Waals surface area contributed by atoms with Crippen molar-refractivity contribution in [3.63, 3.8) is 0 Å². The van der Waals surface area contributed by atoms with Gasteiger partial charge in [-0.15, -0.1) is 6.58 Å². The van der Waals surface area contributed by atoms with E-state index >= 15 is 0 Å². The molecule has 3 rings (SSSR count). The van der Waals surface area contributed by atoms with E-state index in [1.165, 1.54) is 25.7 Å². The Morgan fingerprint density at radius 3 is 2.21 bits per heavy atom. The van der Waals surface area contributed by atoms with E-state index < -0.39 is 5.60 Å². The first-order valence-corrected chi connectivity index (χ1v) is 11.6. The van der Waals surface area contributed by atoms with Crippen LogP contribution in [0.15, 0.2) is 23.9 Å². The van der Waals surface area contributed by atoms with Crippen molar-refractivity contribution in [3.8, 4) is 0 Å². The van der Waals surface area contributed by atoms with Crippen LogP contribution in [0.5, 0.6) is 0 Å². The number of hydrogen-bond acceptors (Lipinski definition) is 3. The third-order valence-corrected chi connectivity index (χ3v) is 6.78. The smallest absolute Gasteiger partial charge is 0.410 e. The molecule has 0 aromatic heterocycles. The van der Waals surface area contributed by atoms with Gasteiger partial charge >= 0.3 is 6.09 Å². The molecule has 3 aliphatic rings. The van der Waals surface area contributed by atoms with Crippen LogP contribution in [0.3, 0.4) is 0 Å². The summed E-state index contributed by atoms with van der Waals surface area (Å²) in [5.74, 6) is 1.30. The number of hydrogen-bond donors (Lipinski definition) is 1. The van der Waals surface area contributed by atoms with Gasteiger partial charge < -0.3 is 15.0 Å². The van der Waals surface area contributed by atoms with Crippen LogP contribution >= 0.6 is 0 Å². The van der Waals surface area contributed by atoms with E-state index in [-0.39, 0.29) is 17.0 Å². The molecule has 1 N–H and O–H groups in total. The van der Waals surface area contributed by atoms with Gasteiger partial charge in [-0.1, -0.05) is 11.6 Å². The van der Waals surface area contributed by atoms with Crippen molar-refractivity contribution in [2.45, 2.75) is 97.6 Å². The summed E-state index contributed by atoms with van der Waals surface area (Å²) in [6, 6.07) is 0. The van der Waals surface area contributed by atoms with E-state index in [0.717, 1.165) is 32.4 Å². The second kappa shape index (κ2) is 8.00. The van der Waals surface area contributed by atoms with Gasteiger partial charge in [0.25, 0.3) is 0 Å². The van der Waals surface area contributed by atoms with Gasteiger partial charge in [-0.25, -0.2) is 4.79 Å². The lowest BCUT2D eigenvalue weighted by molar-refractivity contribution is -0.0367. The highest BCUT2D eigenvalue weighted by Crippen LogP contribution is 2.62. The van der Waals surface area contributed by atoms with E-state index in [1.54, 1.807) is 11.3 Å². The number of carbonyl (C=O) groups is 1. The van der Waals surface area contributed by atoms with Gasteiger partial charge in [-0.2, -0.15) is 0 Å². The summed E-state index contributed by atoms with van der Waals surface area (Å²) < 4.78 is 5.61. The van der Waals surface area contributed by atoms with E-state index in [4.69, 9.17) is 4.74 Å². The van der Waals surface area contributed by atoms with E-state index in [0.29, 0.717) is 11.8 Å². The highest BCUT2D eigenvalue weighted by molar-refractivity contribution is 5.68. The molecule has 3 fully saturated rings. The number of likely N-dealkylation sites (tertiary alicyclic amines) is 1. The molecule has 29 heavy (non-hydrogen) atoms. The monoisotopic (exact) mass is 402 g/mol. The number of nitrogens with zero attached hydrogens (tertiary/aromatic N) is 1. The van der Waals surface area contributed by atoms with Crippen molar-refractivity contribution in [2.24, 2.45) is 17.3 Å². The Balaban J connectivity index is 1.78. The maximum absolute atomic E-state index is 12.5. The van der Waals surface area contributed by atoms with Crippen LogP contribution in [0.1, 0.15) is 86.5 Å². The number of nitrogens with one attached hydrogen (secondary N) is 1. The molecule has 2 unspecified atom stereocenters. The average molecular weight is 403 g/mol. The number of piperidine rings is 1. The van der Waals surface area contributed by atoms with E-state index in [1.807, 2.05) is 25.7 Å². The SMILES string of the molecule is C=CCC1CCC1(C(NC(C)(C)C)=C1CC1)C1CCN(C(=O)OC(C)(C)C)CC1. The number of amides is 1. The molecule has 0 spiro atoms. The minimum absolute atomic E-state index is 0.0729. The van der Waals surface area contributed by atoms with Gasteiger partial charge in [0.05, 0.1) is 0 Å². The van der Waals surface area contributed by atoms with Gasteiger partial charge in [0, 0.05) is 29.7 Å². The van der Waals surface area contributed by atoms with E-state index in [2.05, 4.69) is 38.7 Å². The largest absolute Gasteiger partial charge is 0.444 e. The molecular weight excluding hydrogens is 360 g/mol. The molecule has 2 saturated carbocycles. The summed E-state index contributed by atoms with van der Waals surface area (Å²) in [5.41, 5.74) is 3.08. The summed E-state index contributed by atoms with van der Waals surface area (Å²) in [6.07, 6.45) is 10.2. The van der Waals surface area contributed by atoms with Crippen molar-refractivity contribution < 1.29 is 9.53 Å². The lowest BCUT2D eigenvalue weighted by atomic mass is 9.49. The van der Waals surface area contributed by atoms with Crippen molar-refractivity contribution in [1.82, 2.24) is 10.2 Å². The summed E-state index contributed by atoms with van der Waals surface area (Å²) in [6.45, 7) is 18.3. The Kier molecular flexibility index (Phi) is 6.13. The predicted octanol–water partition coefficient (Wildman–Crippen LogP) is 6.04. The molecule has 1 aliphatic heterocycles. The Hall–Kier alpha value is -1.45. The standard InChI is InChI=1S/C25H42N2O2/c1-8-9-19-12-15-25(19,21(18-10-11-18)26-23(2,3)4)20-13-16-27(17-14-20)22(28)29-24(5,6)7/h8,19-20,26H,1,9-17H2,2-7H3. The van der Waals surface area contributed by atoms with Gasteiger partial charge in [0.15, 0.2) is 0 Å². The zero-order valence-electron chi connectivity index (χ0n) is 19.6. The minimum Gasteiger partial charge on any atom is -0.444 e. The van der Waals surface area contributed by atoms with Crippen LogP contribution < -0.4 is 5.32 Å². The molecule has 0 radical (unpaired) electrons. The van der Waals surface area contributed by atoms with Crippen LogP contribution in [0, 0.1) is 17.3 Å². The van der Waals surface area contributed by atoms with Gasteiger partial charge in [-0.05, 0) is 98.3 Å². The van der Waals surface area contributed by atoms with Crippen molar-refractivity contribution >= 4 is 6.09 Å². The quantitative estimate of drug-likeness (QED) is 0.570.